The van der Waals surface area contributed by atoms with Gasteiger partial charge in [0.15, 0.2) is 0 Å². The lowest BCUT2D eigenvalue weighted by Gasteiger charge is -2.47. The standard InChI is InChI=1S/C14H18N4O3S/c1-11-4-6-12(7-5-11)22(19,20)18-9-14(10-18,21-3)13-8-15-16-17(13)2/h4-8H,9-10H2,1-3H3. The van der Waals surface area contributed by atoms with Crippen LogP contribution in [0.25, 0.3) is 0 Å². The summed E-state index contributed by atoms with van der Waals surface area (Å²) in [6.07, 6.45) is 1.61. The summed E-state index contributed by atoms with van der Waals surface area (Å²) < 4.78 is 33.8. The first kappa shape index (κ1) is 15.1. The second-order valence-corrected chi connectivity index (χ2v) is 7.47. The number of rotatable bonds is 4. The summed E-state index contributed by atoms with van der Waals surface area (Å²) in [5, 5.41) is 7.72. The maximum absolute atomic E-state index is 12.6. The Kier molecular flexibility index (Phi) is 3.54. The molecule has 1 saturated heterocycles. The molecule has 1 aliphatic rings. The average molecular weight is 322 g/mol. The highest BCUT2D eigenvalue weighted by molar-refractivity contribution is 7.89. The van der Waals surface area contributed by atoms with Crippen LogP contribution in [0.3, 0.4) is 0 Å². The van der Waals surface area contributed by atoms with Gasteiger partial charge < -0.3 is 4.74 Å². The van der Waals surface area contributed by atoms with Crippen molar-refractivity contribution >= 4 is 10.0 Å². The molecule has 0 radical (unpaired) electrons. The lowest BCUT2D eigenvalue weighted by Crippen LogP contribution is -2.62. The summed E-state index contributed by atoms with van der Waals surface area (Å²) in [7, 11) is -0.164. The van der Waals surface area contributed by atoms with Gasteiger partial charge in [-0.15, -0.1) is 5.10 Å². The maximum Gasteiger partial charge on any atom is 0.243 e. The molecule has 0 bridgehead atoms. The number of sulfonamides is 1. The summed E-state index contributed by atoms with van der Waals surface area (Å²) in [6, 6.07) is 6.84. The molecule has 0 N–H and O–H groups in total. The predicted molar refractivity (Wildman–Crippen MR) is 79.6 cm³/mol. The Hall–Kier alpha value is -1.77. The number of aromatic nitrogens is 3. The topological polar surface area (TPSA) is 77.3 Å². The van der Waals surface area contributed by atoms with Crippen molar-refractivity contribution in [2.24, 2.45) is 7.05 Å². The molecular formula is C14H18N4O3S. The molecule has 22 heavy (non-hydrogen) atoms. The molecule has 2 heterocycles. The molecule has 0 spiro atoms. The Morgan fingerprint density at radius 2 is 1.86 bits per heavy atom. The van der Waals surface area contributed by atoms with Gasteiger partial charge in [0.1, 0.15) is 5.60 Å². The van der Waals surface area contributed by atoms with Crippen LogP contribution in [0.5, 0.6) is 0 Å². The number of aryl methyl sites for hydroxylation is 2. The van der Waals surface area contributed by atoms with Gasteiger partial charge >= 0.3 is 0 Å². The quantitative estimate of drug-likeness (QED) is 0.827. The molecule has 0 unspecified atom stereocenters. The van der Waals surface area contributed by atoms with E-state index in [1.54, 1.807) is 49.3 Å². The van der Waals surface area contributed by atoms with E-state index in [1.165, 1.54) is 4.31 Å². The van der Waals surface area contributed by atoms with Gasteiger partial charge in [0.25, 0.3) is 0 Å². The Bertz CT molecular complexity index is 777. The van der Waals surface area contributed by atoms with Gasteiger partial charge in [0.05, 0.1) is 29.9 Å². The monoisotopic (exact) mass is 322 g/mol. The smallest absolute Gasteiger partial charge is 0.243 e. The molecule has 0 amide bonds. The largest absolute Gasteiger partial charge is 0.369 e. The molecule has 118 valence electrons. The van der Waals surface area contributed by atoms with Crippen LogP contribution in [0.1, 0.15) is 11.3 Å². The van der Waals surface area contributed by atoms with E-state index in [0.717, 1.165) is 11.3 Å². The first-order chi connectivity index (χ1) is 10.4. The highest BCUT2D eigenvalue weighted by atomic mass is 32.2. The first-order valence-electron chi connectivity index (χ1n) is 6.86. The average Bonchev–Trinajstić information content (AvgIpc) is 2.85. The van der Waals surface area contributed by atoms with Crippen LogP contribution in [-0.2, 0) is 27.4 Å². The minimum absolute atomic E-state index is 0.251. The number of methoxy groups -OCH3 is 1. The van der Waals surface area contributed by atoms with Crippen LogP contribution in [0.2, 0.25) is 0 Å². The van der Waals surface area contributed by atoms with Crippen molar-refractivity contribution in [1.29, 1.82) is 0 Å². The molecule has 2 aromatic rings. The van der Waals surface area contributed by atoms with Gasteiger partial charge in [-0.3, -0.25) is 0 Å². The lowest BCUT2D eigenvalue weighted by atomic mass is 9.93. The van der Waals surface area contributed by atoms with Gasteiger partial charge in [-0.1, -0.05) is 22.9 Å². The van der Waals surface area contributed by atoms with Crippen molar-refractivity contribution in [3.8, 4) is 0 Å². The van der Waals surface area contributed by atoms with E-state index < -0.39 is 15.6 Å². The highest BCUT2D eigenvalue weighted by Gasteiger charge is 2.52. The van der Waals surface area contributed by atoms with Crippen molar-refractivity contribution < 1.29 is 13.2 Å². The molecule has 0 atom stereocenters. The molecule has 1 aliphatic heterocycles. The summed E-state index contributed by atoms with van der Waals surface area (Å²) in [4.78, 5) is 0.297. The molecule has 7 nitrogen and oxygen atoms in total. The van der Waals surface area contributed by atoms with Crippen molar-refractivity contribution in [3.63, 3.8) is 0 Å². The first-order valence-corrected chi connectivity index (χ1v) is 8.30. The van der Waals surface area contributed by atoms with Crippen LogP contribution in [0.15, 0.2) is 35.4 Å². The third-order valence-corrected chi connectivity index (χ3v) is 5.90. The maximum atomic E-state index is 12.6. The van der Waals surface area contributed by atoms with Crippen LogP contribution in [0.4, 0.5) is 0 Å². The van der Waals surface area contributed by atoms with Crippen LogP contribution in [-0.4, -0.2) is 47.9 Å². The van der Waals surface area contributed by atoms with E-state index >= 15 is 0 Å². The van der Waals surface area contributed by atoms with Crippen molar-refractivity contribution in [3.05, 3.63) is 41.7 Å². The third-order valence-electron chi connectivity index (χ3n) is 4.09. The van der Waals surface area contributed by atoms with Gasteiger partial charge in [-0.25, -0.2) is 13.1 Å². The molecule has 1 aromatic carbocycles. The zero-order valence-corrected chi connectivity index (χ0v) is 13.5. The summed E-state index contributed by atoms with van der Waals surface area (Å²) >= 11 is 0. The number of benzene rings is 1. The van der Waals surface area contributed by atoms with E-state index in [0.29, 0.717) is 4.90 Å². The van der Waals surface area contributed by atoms with E-state index in [9.17, 15) is 8.42 Å². The summed E-state index contributed by atoms with van der Waals surface area (Å²) in [5.74, 6) is 0. The Balaban J connectivity index is 1.85. The minimum atomic E-state index is -3.50. The van der Waals surface area contributed by atoms with Gasteiger partial charge in [0, 0.05) is 14.2 Å². The van der Waals surface area contributed by atoms with Gasteiger partial charge in [-0.05, 0) is 19.1 Å². The predicted octanol–water partition coefficient (Wildman–Crippen LogP) is 0.670. The summed E-state index contributed by atoms with van der Waals surface area (Å²) in [6.45, 7) is 2.42. The fraction of sp³-hybridized carbons (Fsp3) is 0.429. The number of nitrogens with zero attached hydrogens (tertiary/aromatic N) is 4. The van der Waals surface area contributed by atoms with Crippen molar-refractivity contribution in [2.75, 3.05) is 20.2 Å². The summed E-state index contributed by atoms with van der Waals surface area (Å²) in [5.41, 5.74) is 1.11. The molecule has 3 rings (SSSR count). The van der Waals surface area contributed by atoms with Gasteiger partial charge in [-0.2, -0.15) is 4.31 Å². The Morgan fingerprint density at radius 1 is 1.23 bits per heavy atom. The molecule has 8 heteroatoms. The second-order valence-electron chi connectivity index (χ2n) is 5.53. The number of hydrogen-bond acceptors (Lipinski definition) is 5. The fourth-order valence-electron chi connectivity index (χ4n) is 2.65. The van der Waals surface area contributed by atoms with Crippen LogP contribution >= 0.6 is 0 Å². The van der Waals surface area contributed by atoms with E-state index in [1.807, 2.05) is 6.92 Å². The fourth-order valence-corrected chi connectivity index (χ4v) is 4.19. The molecule has 0 aliphatic carbocycles. The molecular weight excluding hydrogens is 304 g/mol. The van der Waals surface area contributed by atoms with Crippen LogP contribution < -0.4 is 0 Å². The number of hydrogen-bond donors (Lipinski definition) is 0. The van der Waals surface area contributed by atoms with Crippen molar-refractivity contribution in [2.45, 2.75) is 17.4 Å². The SMILES string of the molecule is COC1(c2cnnn2C)CN(S(=O)(=O)c2ccc(C)cc2)C1. The second kappa shape index (κ2) is 5.15. The lowest BCUT2D eigenvalue weighted by molar-refractivity contribution is -0.103. The molecule has 0 saturated carbocycles. The normalized spacial score (nSPS) is 18.1. The zero-order chi connectivity index (χ0) is 16.0. The van der Waals surface area contributed by atoms with Gasteiger partial charge in [0.2, 0.25) is 10.0 Å². The zero-order valence-electron chi connectivity index (χ0n) is 12.7. The Morgan fingerprint density at radius 3 is 2.36 bits per heavy atom. The third kappa shape index (κ3) is 2.23. The minimum Gasteiger partial charge on any atom is -0.369 e. The molecule has 1 aromatic heterocycles. The number of ether oxygens (including phenoxy) is 1. The van der Waals surface area contributed by atoms with E-state index in [4.69, 9.17) is 4.74 Å². The van der Waals surface area contributed by atoms with E-state index in [2.05, 4.69) is 10.3 Å². The van der Waals surface area contributed by atoms with E-state index in [-0.39, 0.29) is 13.1 Å². The van der Waals surface area contributed by atoms with Crippen LogP contribution in [0, 0.1) is 6.92 Å². The molecule has 1 fully saturated rings. The Labute approximate surface area is 129 Å². The van der Waals surface area contributed by atoms with Crippen molar-refractivity contribution in [1.82, 2.24) is 19.3 Å². The highest BCUT2D eigenvalue weighted by Crippen LogP contribution is 2.37.